The summed E-state index contributed by atoms with van der Waals surface area (Å²) in [6.07, 6.45) is 3.69. The van der Waals surface area contributed by atoms with E-state index in [9.17, 15) is 19.1 Å². The average molecular weight is 476 g/mol. The predicted molar refractivity (Wildman–Crippen MR) is 120 cm³/mol. The summed E-state index contributed by atoms with van der Waals surface area (Å²) in [5.41, 5.74) is 0.0471. The highest BCUT2D eigenvalue weighted by Gasteiger charge is 2.54. The fourth-order valence-corrected chi connectivity index (χ4v) is 5.22. The summed E-state index contributed by atoms with van der Waals surface area (Å²) in [6.45, 7) is 1.64. The second kappa shape index (κ2) is 9.27. The number of hydrogen-bond donors (Lipinski definition) is 3. The highest BCUT2D eigenvalue weighted by Crippen LogP contribution is 2.50. The van der Waals surface area contributed by atoms with Crippen molar-refractivity contribution in [2.75, 3.05) is 6.61 Å². The summed E-state index contributed by atoms with van der Waals surface area (Å²) in [7, 11) is 0. The molecule has 2 bridgehead atoms. The van der Waals surface area contributed by atoms with Gasteiger partial charge < -0.3 is 20.5 Å². The molecule has 3 fully saturated rings. The van der Waals surface area contributed by atoms with Crippen molar-refractivity contribution in [3.63, 3.8) is 0 Å². The number of aliphatic hydroxyl groups excluding tert-OH is 1. The number of hydrogen-bond acceptors (Lipinski definition) is 5. The molecule has 3 aliphatic carbocycles. The van der Waals surface area contributed by atoms with Gasteiger partial charge in [-0.05, 0) is 62.3 Å². The number of nitrogens with one attached hydrogen (secondary N) is 2. The maximum Gasteiger partial charge on any atom is 0.270 e. The van der Waals surface area contributed by atoms with E-state index in [1.807, 2.05) is 0 Å². The highest BCUT2D eigenvalue weighted by molar-refractivity contribution is 6.30. The topological polar surface area (TPSA) is 101 Å². The number of pyridine rings is 1. The Morgan fingerprint density at radius 1 is 1.21 bits per heavy atom. The van der Waals surface area contributed by atoms with E-state index < -0.39 is 5.82 Å². The molecule has 5 rings (SSSR count). The lowest BCUT2D eigenvalue weighted by atomic mass is 9.56. The Labute approximate surface area is 196 Å². The van der Waals surface area contributed by atoms with Crippen LogP contribution in [0.1, 0.15) is 55.2 Å². The molecule has 0 radical (unpaired) electrons. The largest absolute Gasteiger partial charge is 0.484 e. The van der Waals surface area contributed by atoms with Crippen molar-refractivity contribution in [1.29, 1.82) is 0 Å². The van der Waals surface area contributed by atoms with Gasteiger partial charge in [-0.25, -0.2) is 9.37 Å². The monoisotopic (exact) mass is 475 g/mol. The van der Waals surface area contributed by atoms with Crippen molar-refractivity contribution < 1.29 is 23.8 Å². The lowest BCUT2D eigenvalue weighted by molar-refractivity contribution is -0.128. The van der Waals surface area contributed by atoms with Gasteiger partial charge in [-0.15, -0.1) is 0 Å². The number of aromatic nitrogens is 1. The van der Waals surface area contributed by atoms with Crippen LogP contribution in [-0.2, 0) is 11.4 Å². The first-order valence-electron chi connectivity index (χ1n) is 11.0. The first-order chi connectivity index (χ1) is 15.7. The van der Waals surface area contributed by atoms with E-state index in [-0.39, 0.29) is 58.5 Å². The number of carbonyl (C=O) groups is 2. The molecule has 1 heterocycles. The molecule has 1 aromatic carbocycles. The van der Waals surface area contributed by atoms with Gasteiger partial charge in [0.2, 0.25) is 0 Å². The van der Waals surface area contributed by atoms with E-state index >= 15 is 0 Å². The van der Waals surface area contributed by atoms with E-state index in [0.29, 0.717) is 5.69 Å². The lowest BCUT2D eigenvalue weighted by Gasteiger charge is -2.57. The summed E-state index contributed by atoms with van der Waals surface area (Å²) in [4.78, 5) is 29.6. The summed E-state index contributed by atoms with van der Waals surface area (Å²) < 4.78 is 19.0. The normalized spacial score (nSPS) is 26.0. The molecule has 3 N–H and O–H groups in total. The third-order valence-corrected chi connectivity index (χ3v) is 7.28. The first-order valence-corrected chi connectivity index (χ1v) is 11.4. The molecule has 176 valence electrons. The minimum absolute atomic E-state index is 0.00335. The van der Waals surface area contributed by atoms with Crippen LogP contribution in [0.5, 0.6) is 5.75 Å². The summed E-state index contributed by atoms with van der Waals surface area (Å²) in [5.74, 6) is -0.724. The second-order valence-electron chi connectivity index (χ2n) is 9.08. The molecule has 33 heavy (non-hydrogen) atoms. The van der Waals surface area contributed by atoms with Crippen LogP contribution in [0.25, 0.3) is 0 Å². The van der Waals surface area contributed by atoms with E-state index in [0.717, 1.165) is 38.2 Å². The molecule has 3 aliphatic rings. The van der Waals surface area contributed by atoms with Crippen LogP contribution in [-0.4, -0.2) is 39.6 Å². The Morgan fingerprint density at radius 3 is 2.64 bits per heavy atom. The summed E-state index contributed by atoms with van der Waals surface area (Å²) >= 11 is 5.67. The molecule has 9 heteroatoms. The molecular weight excluding hydrogens is 449 g/mol. The van der Waals surface area contributed by atoms with Crippen molar-refractivity contribution in [2.45, 2.75) is 56.7 Å². The maximum atomic E-state index is 13.6. The Bertz CT molecular complexity index is 1060. The number of aliphatic hydroxyl groups is 1. The van der Waals surface area contributed by atoms with E-state index in [2.05, 4.69) is 22.5 Å². The number of ether oxygens (including phenoxy) is 1. The van der Waals surface area contributed by atoms with E-state index in [1.54, 1.807) is 18.2 Å². The molecule has 0 spiro atoms. The van der Waals surface area contributed by atoms with Gasteiger partial charge in [-0.1, -0.05) is 24.6 Å². The average Bonchev–Trinajstić information content (AvgIpc) is 2.81. The van der Waals surface area contributed by atoms with Gasteiger partial charge in [-0.3, -0.25) is 9.59 Å². The summed E-state index contributed by atoms with van der Waals surface area (Å²) in [5, 5.41) is 15.6. The first kappa shape index (κ1) is 23.4. The van der Waals surface area contributed by atoms with Crippen LogP contribution in [0.4, 0.5) is 4.39 Å². The molecule has 7 nitrogen and oxygen atoms in total. The fourth-order valence-electron chi connectivity index (χ4n) is 5.11. The summed E-state index contributed by atoms with van der Waals surface area (Å²) in [6, 6.07) is 9.07. The number of fused-ring (bicyclic) bond motifs is 3. The van der Waals surface area contributed by atoms with Crippen LogP contribution in [0.15, 0.2) is 36.4 Å². The van der Waals surface area contributed by atoms with E-state index in [1.165, 1.54) is 12.1 Å². The standard InChI is InChI=1S/C24H27ClFN3O4/c1-15-12-23(29-22(32)20-4-2-3-16(13-30)27-20)7-9-24(15,10-8-23)28-21(31)14-33-17-5-6-18(25)19(26)11-17/h2-6,11,15,30H,7-10,12-14H2,1H3,(H,28,31)(H,29,32). The molecule has 2 aromatic rings. The van der Waals surface area contributed by atoms with Crippen molar-refractivity contribution in [2.24, 2.45) is 5.92 Å². The van der Waals surface area contributed by atoms with Gasteiger partial charge in [0.25, 0.3) is 11.8 Å². The Hall–Kier alpha value is -2.71. The number of benzene rings is 1. The minimum Gasteiger partial charge on any atom is -0.484 e. The molecule has 1 unspecified atom stereocenters. The molecular formula is C24H27ClFN3O4. The van der Waals surface area contributed by atoms with Crippen LogP contribution in [0, 0.1) is 11.7 Å². The van der Waals surface area contributed by atoms with Crippen molar-refractivity contribution in [3.8, 4) is 5.75 Å². The van der Waals surface area contributed by atoms with Crippen LogP contribution < -0.4 is 15.4 Å². The Balaban J connectivity index is 1.35. The van der Waals surface area contributed by atoms with Crippen molar-refractivity contribution in [1.82, 2.24) is 15.6 Å². The predicted octanol–water partition coefficient (Wildman–Crippen LogP) is 3.38. The van der Waals surface area contributed by atoms with Gasteiger partial charge in [0.05, 0.1) is 17.3 Å². The van der Waals surface area contributed by atoms with Gasteiger partial charge in [0, 0.05) is 17.1 Å². The Kier molecular flexibility index (Phi) is 6.59. The second-order valence-corrected chi connectivity index (χ2v) is 9.49. The van der Waals surface area contributed by atoms with Gasteiger partial charge in [0.15, 0.2) is 6.61 Å². The van der Waals surface area contributed by atoms with Gasteiger partial charge in [0.1, 0.15) is 17.3 Å². The third-order valence-electron chi connectivity index (χ3n) is 6.97. The fraction of sp³-hybridized carbons (Fsp3) is 0.458. The van der Waals surface area contributed by atoms with Crippen molar-refractivity contribution >= 4 is 23.4 Å². The SMILES string of the molecule is CC1CC2(NC(=O)c3cccc(CO)n3)CCC1(NC(=O)COc1ccc(Cl)c(F)c1)CC2. The van der Waals surface area contributed by atoms with Crippen LogP contribution in [0.3, 0.4) is 0 Å². The number of nitrogens with zero attached hydrogens (tertiary/aromatic N) is 1. The molecule has 0 aliphatic heterocycles. The number of halogens is 2. The zero-order valence-corrected chi connectivity index (χ0v) is 19.1. The molecule has 0 saturated heterocycles. The van der Waals surface area contributed by atoms with Crippen molar-refractivity contribution in [3.05, 3.63) is 58.6 Å². The van der Waals surface area contributed by atoms with E-state index in [4.69, 9.17) is 16.3 Å². The number of carbonyl (C=O) groups excluding carboxylic acids is 2. The number of amides is 2. The van der Waals surface area contributed by atoms with Gasteiger partial charge >= 0.3 is 0 Å². The molecule has 2 amide bonds. The molecule has 3 saturated carbocycles. The number of rotatable bonds is 7. The maximum absolute atomic E-state index is 13.6. The quantitative estimate of drug-likeness (QED) is 0.570. The molecule has 1 atom stereocenters. The Morgan fingerprint density at radius 2 is 1.97 bits per heavy atom. The minimum atomic E-state index is -0.599. The highest BCUT2D eigenvalue weighted by atomic mass is 35.5. The smallest absolute Gasteiger partial charge is 0.270 e. The zero-order chi connectivity index (χ0) is 23.6. The molecule has 1 aromatic heterocycles. The zero-order valence-electron chi connectivity index (χ0n) is 18.4. The van der Waals surface area contributed by atoms with Crippen LogP contribution in [0.2, 0.25) is 5.02 Å². The van der Waals surface area contributed by atoms with Gasteiger partial charge in [-0.2, -0.15) is 0 Å². The lowest BCUT2D eigenvalue weighted by Crippen LogP contribution is -2.67. The third kappa shape index (κ3) is 4.96. The van der Waals surface area contributed by atoms with Crippen LogP contribution >= 0.6 is 11.6 Å².